The molecule has 0 saturated heterocycles. The van der Waals surface area contributed by atoms with E-state index in [9.17, 15) is 0 Å². The molecule has 0 aliphatic rings. The van der Waals surface area contributed by atoms with Crippen LogP contribution < -0.4 is 5.43 Å². The first-order valence-electron chi connectivity index (χ1n) is 3.47. The van der Waals surface area contributed by atoms with E-state index in [1.807, 2.05) is 20.8 Å². The zero-order chi connectivity index (χ0) is 8.04. The summed E-state index contributed by atoms with van der Waals surface area (Å²) in [5.74, 6) is 0. The standard InChI is InChI=1S/C7H16N2O/c1-5-10-7(2,3)6-9-8-4/h6,8H,5H2,1-4H3/b9-6-. The van der Waals surface area contributed by atoms with Crippen molar-refractivity contribution in [2.75, 3.05) is 13.7 Å². The van der Waals surface area contributed by atoms with Crippen molar-refractivity contribution in [3.8, 4) is 0 Å². The summed E-state index contributed by atoms with van der Waals surface area (Å²) in [6.07, 6.45) is 1.75. The van der Waals surface area contributed by atoms with Crippen LogP contribution >= 0.6 is 0 Å². The number of nitrogens with zero attached hydrogens (tertiary/aromatic N) is 1. The smallest absolute Gasteiger partial charge is 0.0993 e. The minimum absolute atomic E-state index is 0.252. The number of hydrogen-bond donors (Lipinski definition) is 1. The van der Waals surface area contributed by atoms with Gasteiger partial charge in [-0.05, 0) is 20.8 Å². The number of nitrogens with one attached hydrogen (secondary N) is 1. The molecule has 0 rings (SSSR count). The molecule has 0 radical (unpaired) electrons. The fourth-order valence-corrected chi connectivity index (χ4v) is 0.629. The number of ether oxygens (including phenoxy) is 1. The van der Waals surface area contributed by atoms with E-state index in [1.54, 1.807) is 13.3 Å². The quantitative estimate of drug-likeness (QED) is 0.472. The van der Waals surface area contributed by atoms with Crippen LogP contribution in [0, 0.1) is 0 Å². The first-order valence-corrected chi connectivity index (χ1v) is 3.47. The van der Waals surface area contributed by atoms with E-state index in [4.69, 9.17) is 4.74 Å². The lowest BCUT2D eigenvalue weighted by atomic mass is 10.2. The highest BCUT2D eigenvalue weighted by molar-refractivity contribution is 5.67. The van der Waals surface area contributed by atoms with Crippen molar-refractivity contribution in [3.63, 3.8) is 0 Å². The maximum Gasteiger partial charge on any atom is 0.0993 e. The summed E-state index contributed by atoms with van der Waals surface area (Å²) < 4.78 is 5.34. The molecule has 0 aliphatic heterocycles. The highest BCUT2D eigenvalue weighted by Gasteiger charge is 2.13. The zero-order valence-corrected chi connectivity index (χ0v) is 7.14. The van der Waals surface area contributed by atoms with E-state index >= 15 is 0 Å². The van der Waals surface area contributed by atoms with Crippen LogP contribution in [0.15, 0.2) is 5.10 Å². The second-order valence-electron chi connectivity index (χ2n) is 2.52. The lowest BCUT2D eigenvalue weighted by Gasteiger charge is -2.18. The molecule has 0 atom stereocenters. The molecule has 0 unspecified atom stereocenters. The van der Waals surface area contributed by atoms with Gasteiger partial charge < -0.3 is 10.2 Å². The van der Waals surface area contributed by atoms with Crippen LogP contribution in [0.1, 0.15) is 20.8 Å². The van der Waals surface area contributed by atoms with E-state index in [2.05, 4.69) is 10.5 Å². The maximum atomic E-state index is 5.34. The number of hydrazone groups is 1. The molecule has 0 saturated carbocycles. The van der Waals surface area contributed by atoms with Gasteiger partial charge in [-0.15, -0.1) is 0 Å². The van der Waals surface area contributed by atoms with Crippen LogP contribution in [0.3, 0.4) is 0 Å². The summed E-state index contributed by atoms with van der Waals surface area (Å²) in [5.41, 5.74) is 2.42. The molecule has 0 amide bonds. The Labute approximate surface area is 62.5 Å². The van der Waals surface area contributed by atoms with Gasteiger partial charge in [0, 0.05) is 13.7 Å². The van der Waals surface area contributed by atoms with Crippen molar-refractivity contribution in [1.82, 2.24) is 5.43 Å². The third kappa shape index (κ3) is 4.32. The van der Waals surface area contributed by atoms with E-state index in [-0.39, 0.29) is 5.60 Å². The lowest BCUT2D eigenvalue weighted by Crippen LogP contribution is -2.26. The number of hydrogen-bond acceptors (Lipinski definition) is 3. The molecular formula is C7H16N2O. The molecule has 0 spiro atoms. The van der Waals surface area contributed by atoms with E-state index in [0.717, 1.165) is 0 Å². The summed E-state index contributed by atoms with van der Waals surface area (Å²) >= 11 is 0. The summed E-state index contributed by atoms with van der Waals surface area (Å²) in [7, 11) is 1.76. The van der Waals surface area contributed by atoms with Crippen LogP contribution in [-0.4, -0.2) is 25.5 Å². The van der Waals surface area contributed by atoms with Gasteiger partial charge in [-0.1, -0.05) is 0 Å². The maximum absolute atomic E-state index is 5.34. The van der Waals surface area contributed by atoms with Gasteiger partial charge in [-0.3, -0.25) is 0 Å². The van der Waals surface area contributed by atoms with E-state index < -0.39 is 0 Å². The predicted octanol–water partition coefficient (Wildman–Crippen LogP) is 1.01. The fraction of sp³-hybridized carbons (Fsp3) is 0.857. The van der Waals surface area contributed by atoms with Crippen molar-refractivity contribution in [2.45, 2.75) is 26.4 Å². The average Bonchev–Trinajstić information content (AvgIpc) is 1.84. The van der Waals surface area contributed by atoms with E-state index in [1.165, 1.54) is 0 Å². The van der Waals surface area contributed by atoms with Crippen molar-refractivity contribution >= 4 is 6.21 Å². The summed E-state index contributed by atoms with van der Waals surface area (Å²) in [5, 5.41) is 3.86. The van der Waals surface area contributed by atoms with Gasteiger partial charge in [0.25, 0.3) is 0 Å². The highest BCUT2D eigenvalue weighted by Crippen LogP contribution is 2.03. The zero-order valence-electron chi connectivity index (χ0n) is 7.14. The second kappa shape index (κ2) is 4.28. The van der Waals surface area contributed by atoms with Gasteiger partial charge in [0.1, 0.15) is 0 Å². The number of rotatable bonds is 4. The molecule has 0 aromatic heterocycles. The highest BCUT2D eigenvalue weighted by atomic mass is 16.5. The SMILES string of the molecule is CCOC(C)(C)/C=N\NC. The van der Waals surface area contributed by atoms with Gasteiger partial charge in [-0.2, -0.15) is 5.10 Å². The molecule has 0 heterocycles. The lowest BCUT2D eigenvalue weighted by molar-refractivity contribution is 0.0476. The summed E-state index contributed by atoms with van der Waals surface area (Å²) in [6, 6.07) is 0. The molecule has 1 N–H and O–H groups in total. The van der Waals surface area contributed by atoms with Crippen molar-refractivity contribution in [2.24, 2.45) is 5.10 Å². The Bertz CT molecular complexity index is 110. The molecular weight excluding hydrogens is 128 g/mol. The average molecular weight is 144 g/mol. The molecule has 10 heavy (non-hydrogen) atoms. The van der Waals surface area contributed by atoms with Gasteiger partial charge >= 0.3 is 0 Å². The molecule has 0 bridgehead atoms. The van der Waals surface area contributed by atoms with Crippen molar-refractivity contribution in [1.29, 1.82) is 0 Å². The minimum Gasteiger partial charge on any atom is -0.370 e. The van der Waals surface area contributed by atoms with Crippen LogP contribution in [0.5, 0.6) is 0 Å². The largest absolute Gasteiger partial charge is 0.370 e. The van der Waals surface area contributed by atoms with Crippen molar-refractivity contribution in [3.05, 3.63) is 0 Å². The monoisotopic (exact) mass is 144 g/mol. The molecule has 0 aromatic rings. The van der Waals surface area contributed by atoms with E-state index in [0.29, 0.717) is 6.61 Å². The Morgan fingerprint density at radius 2 is 2.20 bits per heavy atom. The molecule has 0 fully saturated rings. The summed E-state index contributed by atoms with van der Waals surface area (Å²) in [4.78, 5) is 0. The van der Waals surface area contributed by atoms with Crippen LogP contribution in [-0.2, 0) is 4.74 Å². The fourth-order valence-electron chi connectivity index (χ4n) is 0.629. The topological polar surface area (TPSA) is 33.6 Å². The molecule has 0 aliphatic carbocycles. The van der Waals surface area contributed by atoms with Crippen LogP contribution in [0.25, 0.3) is 0 Å². The predicted molar refractivity (Wildman–Crippen MR) is 43.3 cm³/mol. The van der Waals surface area contributed by atoms with Gasteiger partial charge in [0.15, 0.2) is 0 Å². The van der Waals surface area contributed by atoms with Crippen LogP contribution in [0.2, 0.25) is 0 Å². The van der Waals surface area contributed by atoms with Crippen molar-refractivity contribution < 1.29 is 4.74 Å². The Kier molecular flexibility index (Phi) is 4.03. The van der Waals surface area contributed by atoms with Gasteiger partial charge in [0.2, 0.25) is 0 Å². The molecule has 60 valence electrons. The molecule has 3 nitrogen and oxygen atoms in total. The first-order chi connectivity index (χ1) is 4.62. The Hall–Kier alpha value is -0.570. The third-order valence-corrected chi connectivity index (χ3v) is 1.02. The Balaban J connectivity index is 3.73. The normalized spacial score (nSPS) is 12.4. The molecule has 0 aromatic carbocycles. The Morgan fingerprint density at radius 1 is 1.60 bits per heavy atom. The Morgan fingerprint density at radius 3 is 2.60 bits per heavy atom. The summed E-state index contributed by atoms with van der Waals surface area (Å²) in [6.45, 7) is 6.62. The van der Waals surface area contributed by atoms with Gasteiger partial charge in [0.05, 0.1) is 11.8 Å². The first kappa shape index (κ1) is 9.43. The minimum atomic E-state index is -0.252. The second-order valence-corrected chi connectivity index (χ2v) is 2.52. The van der Waals surface area contributed by atoms with Gasteiger partial charge in [-0.25, -0.2) is 0 Å². The molecule has 3 heteroatoms. The third-order valence-electron chi connectivity index (χ3n) is 1.02. The van der Waals surface area contributed by atoms with Crippen LogP contribution in [0.4, 0.5) is 0 Å².